The number of carbonyl (C=O) groups excluding carboxylic acids is 1. The molecule has 112 valence electrons. The lowest BCUT2D eigenvalue weighted by Crippen LogP contribution is -2.41. The van der Waals surface area contributed by atoms with E-state index in [0.717, 1.165) is 30.0 Å². The van der Waals surface area contributed by atoms with Crippen molar-refractivity contribution in [2.75, 3.05) is 19.6 Å². The van der Waals surface area contributed by atoms with Crippen LogP contribution in [0.2, 0.25) is 0 Å². The smallest absolute Gasteiger partial charge is 0.335 e. The molecule has 1 heterocycles. The number of benzene rings is 1. The number of hydrogen-bond acceptors (Lipinski definition) is 3. The van der Waals surface area contributed by atoms with Gasteiger partial charge in [0.05, 0.1) is 12.1 Å². The van der Waals surface area contributed by atoms with Gasteiger partial charge in [-0.2, -0.15) is 0 Å². The molecule has 5 heteroatoms. The van der Waals surface area contributed by atoms with Gasteiger partial charge in [-0.15, -0.1) is 0 Å². The van der Waals surface area contributed by atoms with E-state index in [1.54, 1.807) is 12.1 Å². The van der Waals surface area contributed by atoms with Gasteiger partial charge in [-0.3, -0.25) is 4.79 Å². The van der Waals surface area contributed by atoms with Crippen LogP contribution in [0.3, 0.4) is 0 Å². The molecule has 0 atom stereocenters. The SMILES string of the molecule is O=C(O)c1ccc2c(c1)CN(C(=O)CNCC1CC1)CC2. The van der Waals surface area contributed by atoms with Crippen molar-refractivity contribution in [1.29, 1.82) is 0 Å². The fourth-order valence-electron chi connectivity index (χ4n) is 2.72. The van der Waals surface area contributed by atoms with Crippen LogP contribution in [0, 0.1) is 5.92 Å². The molecule has 1 amide bonds. The Hall–Kier alpha value is -1.88. The molecule has 2 aliphatic rings. The highest BCUT2D eigenvalue weighted by atomic mass is 16.4. The monoisotopic (exact) mass is 288 g/mol. The maximum Gasteiger partial charge on any atom is 0.335 e. The molecule has 1 aromatic carbocycles. The van der Waals surface area contributed by atoms with Gasteiger partial charge in [0.25, 0.3) is 0 Å². The maximum absolute atomic E-state index is 12.2. The molecule has 1 aliphatic heterocycles. The van der Waals surface area contributed by atoms with E-state index >= 15 is 0 Å². The van der Waals surface area contributed by atoms with Crippen molar-refractivity contribution in [3.63, 3.8) is 0 Å². The van der Waals surface area contributed by atoms with E-state index in [0.29, 0.717) is 19.6 Å². The van der Waals surface area contributed by atoms with Crippen LogP contribution in [0.15, 0.2) is 18.2 Å². The van der Waals surface area contributed by atoms with E-state index < -0.39 is 5.97 Å². The number of nitrogens with one attached hydrogen (secondary N) is 1. The highest BCUT2D eigenvalue weighted by molar-refractivity contribution is 5.88. The summed E-state index contributed by atoms with van der Waals surface area (Å²) in [5.74, 6) is -0.0626. The van der Waals surface area contributed by atoms with Crippen molar-refractivity contribution >= 4 is 11.9 Å². The molecule has 5 nitrogen and oxygen atoms in total. The van der Waals surface area contributed by atoms with Crippen molar-refractivity contribution in [2.24, 2.45) is 5.92 Å². The Labute approximate surface area is 123 Å². The topological polar surface area (TPSA) is 69.6 Å². The summed E-state index contributed by atoms with van der Waals surface area (Å²) in [5, 5.41) is 12.3. The Balaban J connectivity index is 1.60. The summed E-state index contributed by atoms with van der Waals surface area (Å²) in [4.78, 5) is 25.0. The predicted octanol–water partition coefficient (Wildman–Crippen LogP) is 1.27. The summed E-state index contributed by atoms with van der Waals surface area (Å²) < 4.78 is 0. The van der Waals surface area contributed by atoms with Crippen LogP contribution >= 0.6 is 0 Å². The molecule has 3 rings (SSSR count). The van der Waals surface area contributed by atoms with Crippen LogP contribution in [0.1, 0.15) is 34.3 Å². The standard InChI is InChI=1S/C16H20N2O3/c19-15(9-17-8-11-1-2-11)18-6-5-12-3-4-13(16(20)21)7-14(12)10-18/h3-4,7,11,17H,1-2,5-6,8-10H2,(H,20,21). The van der Waals surface area contributed by atoms with Crippen molar-refractivity contribution < 1.29 is 14.7 Å². The Morgan fingerprint density at radius 1 is 1.29 bits per heavy atom. The average Bonchev–Trinajstić information content (AvgIpc) is 3.30. The summed E-state index contributed by atoms with van der Waals surface area (Å²) >= 11 is 0. The molecule has 1 aromatic rings. The predicted molar refractivity (Wildman–Crippen MR) is 78.1 cm³/mol. The minimum atomic E-state index is -0.924. The Morgan fingerprint density at radius 3 is 2.81 bits per heavy atom. The van der Waals surface area contributed by atoms with E-state index in [1.807, 2.05) is 11.0 Å². The summed E-state index contributed by atoms with van der Waals surface area (Å²) in [6.45, 7) is 2.54. The van der Waals surface area contributed by atoms with Crippen LogP contribution in [-0.2, 0) is 17.8 Å². The zero-order valence-electron chi connectivity index (χ0n) is 12.0. The largest absolute Gasteiger partial charge is 0.478 e. The Morgan fingerprint density at radius 2 is 2.10 bits per heavy atom. The summed E-state index contributed by atoms with van der Waals surface area (Å²) in [6.07, 6.45) is 3.34. The molecule has 1 aliphatic carbocycles. The van der Waals surface area contributed by atoms with Gasteiger partial charge < -0.3 is 15.3 Å². The van der Waals surface area contributed by atoms with E-state index in [4.69, 9.17) is 5.11 Å². The molecule has 0 aromatic heterocycles. The highest BCUT2D eigenvalue weighted by Crippen LogP contribution is 2.27. The normalized spacial score (nSPS) is 17.4. The summed E-state index contributed by atoms with van der Waals surface area (Å²) in [5.41, 5.74) is 2.39. The van der Waals surface area contributed by atoms with Gasteiger partial charge in [0.1, 0.15) is 0 Å². The van der Waals surface area contributed by atoms with Gasteiger partial charge in [-0.25, -0.2) is 4.79 Å². The van der Waals surface area contributed by atoms with Crippen molar-refractivity contribution in [3.05, 3.63) is 34.9 Å². The molecular weight excluding hydrogens is 268 g/mol. The molecule has 21 heavy (non-hydrogen) atoms. The molecule has 2 N–H and O–H groups in total. The number of fused-ring (bicyclic) bond motifs is 1. The van der Waals surface area contributed by atoms with Crippen LogP contribution in [0.5, 0.6) is 0 Å². The lowest BCUT2D eigenvalue weighted by atomic mass is 9.97. The fourth-order valence-corrected chi connectivity index (χ4v) is 2.72. The number of carboxylic acid groups (broad SMARTS) is 1. The molecule has 0 radical (unpaired) electrons. The maximum atomic E-state index is 12.2. The number of nitrogens with zero attached hydrogens (tertiary/aromatic N) is 1. The second-order valence-corrected chi connectivity index (χ2v) is 5.93. The minimum absolute atomic E-state index is 0.0991. The second-order valence-electron chi connectivity index (χ2n) is 5.93. The minimum Gasteiger partial charge on any atom is -0.478 e. The summed E-state index contributed by atoms with van der Waals surface area (Å²) in [6, 6.07) is 5.19. The van der Waals surface area contributed by atoms with E-state index in [1.165, 1.54) is 12.8 Å². The van der Waals surface area contributed by atoms with Gasteiger partial charge in [-0.1, -0.05) is 6.07 Å². The van der Waals surface area contributed by atoms with Crippen molar-refractivity contribution in [2.45, 2.75) is 25.8 Å². The molecule has 1 saturated carbocycles. The quantitative estimate of drug-likeness (QED) is 0.856. The van der Waals surface area contributed by atoms with Gasteiger partial charge in [0.2, 0.25) is 5.91 Å². The third-order valence-electron chi connectivity index (χ3n) is 4.22. The molecule has 1 fully saturated rings. The molecule has 0 bridgehead atoms. The van der Waals surface area contributed by atoms with Crippen LogP contribution in [-0.4, -0.2) is 41.5 Å². The average molecular weight is 288 g/mol. The van der Waals surface area contributed by atoms with Crippen molar-refractivity contribution in [3.8, 4) is 0 Å². The first-order chi connectivity index (χ1) is 10.1. The number of amides is 1. The lowest BCUT2D eigenvalue weighted by Gasteiger charge is -2.29. The first-order valence-corrected chi connectivity index (χ1v) is 7.47. The Kier molecular flexibility index (Phi) is 3.92. The number of rotatable bonds is 5. The number of aromatic carboxylic acids is 1. The van der Waals surface area contributed by atoms with E-state index in [-0.39, 0.29) is 11.5 Å². The molecule has 0 saturated heterocycles. The van der Waals surface area contributed by atoms with Crippen LogP contribution < -0.4 is 5.32 Å². The number of hydrogen-bond donors (Lipinski definition) is 2. The Bertz CT molecular complexity index is 567. The van der Waals surface area contributed by atoms with E-state index in [2.05, 4.69) is 5.32 Å². The van der Waals surface area contributed by atoms with Crippen LogP contribution in [0.25, 0.3) is 0 Å². The zero-order valence-corrected chi connectivity index (χ0v) is 12.0. The first-order valence-electron chi connectivity index (χ1n) is 7.47. The van der Waals surface area contributed by atoms with Gasteiger partial charge in [-0.05, 0) is 55.0 Å². The fraction of sp³-hybridized carbons (Fsp3) is 0.500. The third-order valence-corrected chi connectivity index (χ3v) is 4.22. The zero-order chi connectivity index (χ0) is 14.8. The number of carbonyl (C=O) groups is 2. The van der Waals surface area contributed by atoms with Crippen molar-refractivity contribution in [1.82, 2.24) is 10.2 Å². The van der Waals surface area contributed by atoms with Gasteiger partial charge in [0, 0.05) is 13.1 Å². The summed E-state index contributed by atoms with van der Waals surface area (Å²) in [7, 11) is 0. The molecule has 0 spiro atoms. The second kappa shape index (κ2) is 5.85. The first kappa shape index (κ1) is 14.1. The highest BCUT2D eigenvalue weighted by Gasteiger charge is 2.23. The number of carboxylic acids is 1. The van der Waals surface area contributed by atoms with E-state index in [9.17, 15) is 9.59 Å². The van der Waals surface area contributed by atoms with Gasteiger partial charge >= 0.3 is 5.97 Å². The van der Waals surface area contributed by atoms with Gasteiger partial charge in [0.15, 0.2) is 0 Å². The van der Waals surface area contributed by atoms with Crippen LogP contribution in [0.4, 0.5) is 0 Å². The molecular formula is C16H20N2O3. The molecule has 0 unspecified atom stereocenters. The third kappa shape index (κ3) is 3.42. The lowest BCUT2D eigenvalue weighted by molar-refractivity contribution is -0.131.